The lowest BCUT2D eigenvalue weighted by Crippen LogP contribution is -2.23. The Morgan fingerprint density at radius 1 is 1.42 bits per heavy atom. The summed E-state index contributed by atoms with van der Waals surface area (Å²) < 4.78 is 38.1. The van der Waals surface area contributed by atoms with E-state index < -0.39 is 23.1 Å². The van der Waals surface area contributed by atoms with Gasteiger partial charge in [-0.15, -0.1) is 0 Å². The van der Waals surface area contributed by atoms with Crippen LogP contribution in [0.2, 0.25) is 0 Å². The summed E-state index contributed by atoms with van der Waals surface area (Å²) in [7, 11) is 0. The molecular formula is C13H11F3N2O. The minimum absolute atomic E-state index is 0.0597. The molecule has 1 aromatic carbocycles. The third kappa shape index (κ3) is 2.55. The summed E-state index contributed by atoms with van der Waals surface area (Å²) in [6.45, 7) is 1.35. The average Bonchev–Trinajstić information content (AvgIpc) is 3.11. The molecule has 1 amide bonds. The number of halogens is 3. The summed E-state index contributed by atoms with van der Waals surface area (Å²) in [5.41, 5.74) is -1.69. The van der Waals surface area contributed by atoms with E-state index in [-0.39, 0.29) is 11.3 Å². The number of anilines is 1. The highest BCUT2D eigenvalue weighted by Crippen LogP contribution is 2.46. The highest BCUT2D eigenvalue weighted by molar-refractivity contribution is 5.99. The number of alkyl halides is 3. The van der Waals surface area contributed by atoms with Crippen molar-refractivity contribution in [3.63, 3.8) is 0 Å². The third-order valence-electron chi connectivity index (χ3n) is 3.20. The maximum Gasteiger partial charge on any atom is 0.416 e. The van der Waals surface area contributed by atoms with Gasteiger partial charge < -0.3 is 5.32 Å². The van der Waals surface area contributed by atoms with E-state index in [1.807, 2.05) is 6.07 Å². The van der Waals surface area contributed by atoms with Gasteiger partial charge in [0.2, 0.25) is 5.91 Å². The Labute approximate surface area is 108 Å². The molecule has 3 nitrogen and oxygen atoms in total. The normalized spacial score (nSPS) is 16.6. The van der Waals surface area contributed by atoms with E-state index in [1.54, 1.807) is 0 Å². The predicted molar refractivity (Wildman–Crippen MR) is 62.1 cm³/mol. The van der Waals surface area contributed by atoms with Gasteiger partial charge in [0.1, 0.15) is 5.41 Å². The van der Waals surface area contributed by atoms with Gasteiger partial charge in [-0.2, -0.15) is 18.4 Å². The summed E-state index contributed by atoms with van der Waals surface area (Å²) >= 11 is 0. The average molecular weight is 268 g/mol. The first-order chi connectivity index (χ1) is 8.78. The lowest BCUT2D eigenvalue weighted by Gasteiger charge is -2.13. The van der Waals surface area contributed by atoms with E-state index >= 15 is 0 Å². The van der Waals surface area contributed by atoms with Crippen LogP contribution in [0.15, 0.2) is 18.2 Å². The van der Waals surface area contributed by atoms with Crippen LogP contribution in [-0.4, -0.2) is 5.91 Å². The molecule has 0 aromatic heterocycles. The Hall–Kier alpha value is -2.03. The van der Waals surface area contributed by atoms with Crippen LogP contribution in [0.5, 0.6) is 0 Å². The van der Waals surface area contributed by atoms with Crippen LogP contribution in [-0.2, 0) is 11.0 Å². The van der Waals surface area contributed by atoms with Gasteiger partial charge in [0, 0.05) is 5.69 Å². The molecule has 6 heteroatoms. The van der Waals surface area contributed by atoms with Crippen molar-refractivity contribution in [2.45, 2.75) is 25.9 Å². The minimum Gasteiger partial charge on any atom is -0.325 e. The molecule has 0 spiro atoms. The molecule has 1 saturated carbocycles. The number of nitriles is 1. The number of carbonyl (C=O) groups excluding carboxylic acids is 1. The van der Waals surface area contributed by atoms with Gasteiger partial charge in [0.05, 0.1) is 11.6 Å². The molecule has 0 aliphatic heterocycles. The molecule has 0 atom stereocenters. The van der Waals surface area contributed by atoms with Crippen molar-refractivity contribution < 1.29 is 18.0 Å². The molecule has 100 valence electrons. The predicted octanol–water partition coefficient (Wildman–Crippen LogP) is 3.26. The van der Waals surface area contributed by atoms with Gasteiger partial charge in [-0.25, -0.2) is 0 Å². The molecule has 0 unspecified atom stereocenters. The van der Waals surface area contributed by atoms with E-state index in [0.29, 0.717) is 12.8 Å². The topological polar surface area (TPSA) is 52.9 Å². The van der Waals surface area contributed by atoms with Crippen molar-refractivity contribution in [2.75, 3.05) is 5.32 Å². The molecule has 2 rings (SSSR count). The molecule has 1 N–H and O–H groups in total. The van der Waals surface area contributed by atoms with E-state index in [4.69, 9.17) is 5.26 Å². The second-order valence-electron chi connectivity index (χ2n) is 4.68. The van der Waals surface area contributed by atoms with Gasteiger partial charge in [0.15, 0.2) is 0 Å². The molecule has 0 saturated heterocycles. The Morgan fingerprint density at radius 3 is 2.53 bits per heavy atom. The van der Waals surface area contributed by atoms with Crippen LogP contribution in [0, 0.1) is 23.7 Å². The second-order valence-corrected chi connectivity index (χ2v) is 4.68. The zero-order chi connectivity index (χ0) is 14.3. The Morgan fingerprint density at radius 2 is 2.05 bits per heavy atom. The number of amides is 1. The fourth-order valence-corrected chi connectivity index (χ4v) is 1.77. The number of nitrogens with zero attached hydrogens (tertiary/aromatic N) is 1. The zero-order valence-electron chi connectivity index (χ0n) is 10.1. The summed E-state index contributed by atoms with van der Waals surface area (Å²) in [6.07, 6.45) is -3.56. The molecule has 0 bridgehead atoms. The van der Waals surface area contributed by atoms with E-state index in [2.05, 4.69) is 5.32 Å². The first-order valence-electron chi connectivity index (χ1n) is 5.69. The zero-order valence-corrected chi connectivity index (χ0v) is 10.1. The second kappa shape index (κ2) is 4.26. The van der Waals surface area contributed by atoms with Crippen molar-refractivity contribution in [2.24, 2.45) is 5.41 Å². The molecule has 1 aromatic rings. The molecule has 0 heterocycles. The molecule has 0 radical (unpaired) electrons. The number of nitrogens with one attached hydrogen (secondary N) is 1. The number of aryl methyl sites for hydroxylation is 1. The van der Waals surface area contributed by atoms with Crippen LogP contribution in [0.25, 0.3) is 0 Å². The first kappa shape index (κ1) is 13.4. The maximum absolute atomic E-state index is 12.7. The van der Waals surface area contributed by atoms with Crippen molar-refractivity contribution >= 4 is 11.6 Å². The summed E-state index contributed by atoms with van der Waals surface area (Å²) in [6, 6.07) is 5.48. The van der Waals surface area contributed by atoms with Gasteiger partial charge in [-0.1, -0.05) is 6.07 Å². The highest BCUT2D eigenvalue weighted by Gasteiger charge is 2.50. The van der Waals surface area contributed by atoms with Gasteiger partial charge in [-0.05, 0) is 37.5 Å². The first-order valence-corrected chi connectivity index (χ1v) is 5.69. The highest BCUT2D eigenvalue weighted by atomic mass is 19.4. The monoisotopic (exact) mass is 268 g/mol. The van der Waals surface area contributed by atoms with Gasteiger partial charge in [0.25, 0.3) is 0 Å². The summed E-state index contributed by atoms with van der Waals surface area (Å²) in [5.74, 6) is -0.535. The Kier molecular flexibility index (Phi) is 3.01. The van der Waals surface area contributed by atoms with Crippen LogP contribution in [0.4, 0.5) is 18.9 Å². The number of carbonyl (C=O) groups is 1. The minimum atomic E-state index is -4.46. The van der Waals surface area contributed by atoms with Crippen molar-refractivity contribution in [1.82, 2.24) is 0 Å². The molecule has 19 heavy (non-hydrogen) atoms. The standard InChI is InChI=1S/C13H11F3N2O/c1-8-2-3-9(6-10(8)13(14,15)16)18-11(19)12(7-17)4-5-12/h2-3,6H,4-5H2,1H3,(H,18,19). The number of rotatable bonds is 2. The Bertz CT molecular complexity index is 568. The lowest BCUT2D eigenvalue weighted by atomic mass is 10.1. The van der Waals surface area contributed by atoms with Gasteiger partial charge >= 0.3 is 6.18 Å². The lowest BCUT2D eigenvalue weighted by molar-refractivity contribution is -0.138. The van der Waals surface area contributed by atoms with Crippen LogP contribution in [0.1, 0.15) is 24.0 Å². The molecule has 1 fully saturated rings. The third-order valence-corrected chi connectivity index (χ3v) is 3.20. The summed E-state index contributed by atoms with van der Waals surface area (Å²) in [4.78, 5) is 11.8. The van der Waals surface area contributed by atoms with Crippen LogP contribution in [0.3, 0.4) is 0 Å². The number of hydrogen-bond acceptors (Lipinski definition) is 2. The van der Waals surface area contributed by atoms with E-state index in [9.17, 15) is 18.0 Å². The SMILES string of the molecule is Cc1ccc(NC(=O)C2(C#N)CC2)cc1C(F)(F)F. The molecule has 1 aliphatic carbocycles. The largest absolute Gasteiger partial charge is 0.416 e. The van der Waals surface area contributed by atoms with E-state index in [1.165, 1.54) is 19.1 Å². The summed E-state index contributed by atoms with van der Waals surface area (Å²) in [5, 5.41) is 11.2. The van der Waals surface area contributed by atoms with Crippen LogP contribution < -0.4 is 5.32 Å². The fraction of sp³-hybridized carbons (Fsp3) is 0.385. The van der Waals surface area contributed by atoms with Crippen molar-refractivity contribution in [1.29, 1.82) is 5.26 Å². The Balaban J connectivity index is 2.23. The van der Waals surface area contributed by atoms with Crippen molar-refractivity contribution in [3.05, 3.63) is 29.3 Å². The fourth-order valence-electron chi connectivity index (χ4n) is 1.77. The quantitative estimate of drug-likeness (QED) is 0.895. The molecule has 1 aliphatic rings. The van der Waals surface area contributed by atoms with Gasteiger partial charge in [-0.3, -0.25) is 4.79 Å². The van der Waals surface area contributed by atoms with Crippen molar-refractivity contribution in [3.8, 4) is 6.07 Å². The number of hydrogen-bond donors (Lipinski definition) is 1. The maximum atomic E-state index is 12.7. The molecular weight excluding hydrogens is 257 g/mol. The van der Waals surface area contributed by atoms with E-state index in [0.717, 1.165) is 6.07 Å². The smallest absolute Gasteiger partial charge is 0.325 e. The van der Waals surface area contributed by atoms with Crippen LogP contribution >= 0.6 is 0 Å². The number of benzene rings is 1.